The number of fused-ring (bicyclic) bond motifs is 1. The minimum atomic E-state index is -0.413. The normalized spacial score (nSPS) is 18.6. The molecule has 0 aromatic heterocycles. The van der Waals surface area contributed by atoms with Gasteiger partial charge in [0.1, 0.15) is 0 Å². The molecule has 2 nitrogen and oxygen atoms in total. The van der Waals surface area contributed by atoms with Crippen molar-refractivity contribution in [3.63, 3.8) is 0 Å². The lowest BCUT2D eigenvalue weighted by Crippen LogP contribution is -2.33. The fraction of sp³-hybridized carbons (Fsp3) is 0.364. The fourth-order valence-electron chi connectivity index (χ4n) is 2.05. The van der Waals surface area contributed by atoms with E-state index in [-0.39, 0.29) is 5.91 Å². The summed E-state index contributed by atoms with van der Waals surface area (Å²) in [4.78, 5) is 13.7. The molecule has 1 aliphatic heterocycles. The first-order valence-electron chi connectivity index (χ1n) is 4.53. The highest BCUT2D eigenvalue weighted by Gasteiger charge is 2.43. The van der Waals surface area contributed by atoms with E-state index in [1.165, 1.54) is 0 Å². The molecule has 74 valence electrons. The van der Waals surface area contributed by atoms with Crippen LogP contribution in [0.25, 0.3) is 0 Å². The average Bonchev–Trinajstić information content (AvgIpc) is 2.29. The number of carbonyl (C=O) groups is 1. The van der Waals surface area contributed by atoms with E-state index in [0.717, 1.165) is 15.7 Å². The standard InChI is InChI=1S/C11H12BrNO/c1-11(2)9-7(12)5-4-6-8(9)13(3)10(11)14/h4-6H,1-3H3. The second-order valence-corrected chi connectivity index (χ2v) is 4.98. The number of halogens is 1. The van der Waals surface area contributed by atoms with Crippen LogP contribution in [0.15, 0.2) is 22.7 Å². The zero-order chi connectivity index (χ0) is 10.5. The smallest absolute Gasteiger partial charge is 0.236 e. The van der Waals surface area contributed by atoms with Gasteiger partial charge in [0, 0.05) is 22.8 Å². The van der Waals surface area contributed by atoms with E-state index in [1.807, 2.05) is 39.1 Å². The minimum absolute atomic E-state index is 0.152. The Hall–Kier alpha value is -0.830. The molecule has 0 saturated carbocycles. The van der Waals surface area contributed by atoms with E-state index in [9.17, 15) is 4.79 Å². The Balaban J connectivity index is 2.75. The number of hydrogen-bond donors (Lipinski definition) is 0. The van der Waals surface area contributed by atoms with Crippen LogP contribution in [-0.4, -0.2) is 13.0 Å². The highest BCUT2D eigenvalue weighted by atomic mass is 79.9. The van der Waals surface area contributed by atoms with Crippen LogP contribution < -0.4 is 4.90 Å². The van der Waals surface area contributed by atoms with Crippen molar-refractivity contribution in [2.45, 2.75) is 19.3 Å². The van der Waals surface area contributed by atoms with Crippen LogP contribution in [0.3, 0.4) is 0 Å². The number of benzene rings is 1. The first-order valence-corrected chi connectivity index (χ1v) is 5.32. The third-order valence-electron chi connectivity index (χ3n) is 2.82. The maximum atomic E-state index is 11.9. The van der Waals surface area contributed by atoms with Gasteiger partial charge < -0.3 is 4.90 Å². The molecule has 0 spiro atoms. The summed E-state index contributed by atoms with van der Waals surface area (Å²) >= 11 is 3.50. The molecule has 0 unspecified atom stereocenters. The Morgan fingerprint density at radius 1 is 1.36 bits per heavy atom. The van der Waals surface area contributed by atoms with Crippen molar-refractivity contribution in [1.29, 1.82) is 0 Å². The first-order chi connectivity index (χ1) is 6.46. The van der Waals surface area contributed by atoms with Crippen LogP contribution in [0.2, 0.25) is 0 Å². The Bertz CT molecular complexity index is 412. The second kappa shape index (κ2) is 2.83. The number of nitrogens with zero attached hydrogens (tertiary/aromatic N) is 1. The molecule has 1 aliphatic rings. The molecule has 1 aromatic rings. The Labute approximate surface area is 92.0 Å². The number of carbonyl (C=O) groups excluding carboxylic acids is 1. The number of likely N-dealkylation sites (N-methyl/N-ethyl adjacent to an activating group) is 1. The Kier molecular flexibility index (Phi) is 1.96. The van der Waals surface area contributed by atoms with Crippen molar-refractivity contribution in [3.05, 3.63) is 28.2 Å². The van der Waals surface area contributed by atoms with Crippen molar-refractivity contribution < 1.29 is 4.79 Å². The predicted octanol–water partition coefficient (Wildman–Crippen LogP) is 2.70. The van der Waals surface area contributed by atoms with E-state index < -0.39 is 5.41 Å². The van der Waals surface area contributed by atoms with Crippen molar-refractivity contribution in [2.75, 3.05) is 11.9 Å². The van der Waals surface area contributed by atoms with Crippen LogP contribution in [0.4, 0.5) is 5.69 Å². The topological polar surface area (TPSA) is 20.3 Å². The van der Waals surface area contributed by atoms with E-state index in [4.69, 9.17) is 0 Å². The summed E-state index contributed by atoms with van der Waals surface area (Å²) in [6.45, 7) is 3.92. The minimum Gasteiger partial charge on any atom is -0.314 e. The monoisotopic (exact) mass is 253 g/mol. The molecule has 1 heterocycles. The molecule has 0 atom stereocenters. The molecule has 2 rings (SSSR count). The number of hydrogen-bond acceptors (Lipinski definition) is 1. The summed E-state index contributed by atoms with van der Waals surface area (Å²) in [5.74, 6) is 0.152. The molecule has 0 N–H and O–H groups in total. The van der Waals surface area contributed by atoms with Gasteiger partial charge in [0.05, 0.1) is 5.41 Å². The zero-order valence-electron chi connectivity index (χ0n) is 8.47. The molecule has 14 heavy (non-hydrogen) atoms. The SMILES string of the molecule is CN1C(=O)C(C)(C)c2c(Br)cccc21. The van der Waals surface area contributed by atoms with E-state index >= 15 is 0 Å². The number of amides is 1. The van der Waals surface area contributed by atoms with Crippen molar-refractivity contribution in [1.82, 2.24) is 0 Å². The van der Waals surface area contributed by atoms with Crippen molar-refractivity contribution in [2.24, 2.45) is 0 Å². The third kappa shape index (κ3) is 1.05. The van der Waals surface area contributed by atoms with Crippen LogP contribution in [-0.2, 0) is 10.2 Å². The third-order valence-corrected chi connectivity index (χ3v) is 3.48. The highest BCUT2D eigenvalue weighted by Crippen LogP contribution is 2.44. The van der Waals surface area contributed by atoms with E-state index in [0.29, 0.717) is 0 Å². The van der Waals surface area contributed by atoms with E-state index in [1.54, 1.807) is 4.90 Å². The average molecular weight is 254 g/mol. The van der Waals surface area contributed by atoms with Crippen LogP contribution >= 0.6 is 15.9 Å². The van der Waals surface area contributed by atoms with Gasteiger partial charge in [0.15, 0.2) is 0 Å². The Morgan fingerprint density at radius 2 is 2.00 bits per heavy atom. The van der Waals surface area contributed by atoms with Gasteiger partial charge in [0.2, 0.25) is 5.91 Å². The lowest BCUT2D eigenvalue weighted by atomic mass is 9.86. The molecular weight excluding hydrogens is 242 g/mol. The van der Waals surface area contributed by atoms with Crippen molar-refractivity contribution in [3.8, 4) is 0 Å². The molecule has 0 aliphatic carbocycles. The molecule has 0 radical (unpaired) electrons. The molecule has 0 fully saturated rings. The van der Waals surface area contributed by atoms with Crippen LogP contribution in [0, 0.1) is 0 Å². The second-order valence-electron chi connectivity index (χ2n) is 4.12. The summed E-state index contributed by atoms with van der Waals surface area (Å²) in [7, 11) is 1.82. The van der Waals surface area contributed by atoms with Gasteiger partial charge in [0.25, 0.3) is 0 Å². The molecule has 1 amide bonds. The highest BCUT2D eigenvalue weighted by molar-refractivity contribution is 9.10. The first kappa shape index (κ1) is 9.71. The maximum absolute atomic E-state index is 11.9. The quantitative estimate of drug-likeness (QED) is 0.697. The van der Waals surface area contributed by atoms with Gasteiger partial charge in [-0.25, -0.2) is 0 Å². The van der Waals surface area contributed by atoms with Crippen molar-refractivity contribution >= 4 is 27.5 Å². The van der Waals surface area contributed by atoms with Gasteiger partial charge in [-0.05, 0) is 26.0 Å². The fourth-order valence-corrected chi connectivity index (χ4v) is 2.90. The lowest BCUT2D eigenvalue weighted by Gasteiger charge is -2.17. The van der Waals surface area contributed by atoms with E-state index in [2.05, 4.69) is 15.9 Å². The van der Waals surface area contributed by atoms with Gasteiger partial charge in [-0.1, -0.05) is 22.0 Å². The molecular formula is C11H12BrNO. The number of anilines is 1. The Morgan fingerprint density at radius 3 is 2.57 bits per heavy atom. The maximum Gasteiger partial charge on any atom is 0.236 e. The number of rotatable bonds is 0. The summed E-state index contributed by atoms with van der Waals surface area (Å²) in [6.07, 6.45) is 0. The largest absolute Gasteiger partial charge is 0.314 e. The van der Waals surface area contributed by atoms with Gasteiger partial charge in [-0.2, -0.15) is 0 Å². The molecule has 0 saturated heterocycles. The van der Waals surface area contributed by atoms with Gasteiger partial charge in [-0.15, -0.1) is 0 Å². The lowest BCUT2D eigenvalue weighted by molar-refractivity contribution is -0.121. The van der Waals surface area contributed by atoms with Gasteiger partial charge in [-0.3, -0.25) is 4.79 Å². The van der Waals surface area contributed by atoms with Gasteiger partial charge >= 0.3 is 0 Å². The molecule has 1 aromatic carbocycles. The van der Waals surface area contributed by atoms with Crippen LogP contribution in [0.1, 0.15) is 19.4 Å². The molecule has 3 heteroatoms. The summed E-state index contributed by atoms with van der Waals surface area (Å²) in [5.41, 5.74) is 1.69. The van der Waals surface area contributed by atoms with Crippen LogP contribution in [0.5, 0.6) is 0 Å². The summed E-state index contributed by atoms with van der Waals surface area (Å²) in [6, 6.07) is 5.91. The summed E-state index contributed by atoms with van der Waals surface area (Å²) in [5, 5.41) is 0. The predicted molar refractivity (Wildman–Crippen MR) is 60.6 cm³/mol. The summed E-state index contributed by atoms with van der Waals surface area (Å²) < 4.78 is 1.01. The molecule has 0 bridgehead atoms. The zero-order valence-corrected chi connectivity index (χ0v) is 10.1.